The Balaban J connectivity index is 2.98. The van der Waals surface area contributed by atoms with E-state index in [1.165, 1.54) is 5.56 Å². The highest BCUT2D eigenvalue weighted by atomic mass is 79.9. The van der Waals surface area contributed by atoms with Gasteiger partial charge in [-0.15, -0.1) is 0 Å². The average molecular weight is 255 g/mol. The van der Waals surface area contributed by atoms with Crippen LogP contribution < -0.4 is 0 Å². The van der Waals surface area contributed by atoms with Gasteiger partial charge in [-0.25, -0.2) is 0 Å². The van der Waals surface area contributed by atoms with Gasteiger partial charge in [0, 0.05) is 10.0 Å². The topological polar surface area (TPSA) is 17.1 Å². The van der Waals surface area contributed by atoms with E-state index in [2.05, 4.69) is 42.8 Å². The molecule has 0 fully saturated rings. The Morgan fingerprint density at radius 1 is 1.29 bits per heavy atom. The van der Waals surface area contributed by atoms with Crippen LogP contribution in [0.5, 0.6) is 0 Å². The van der Waals surface area contributed by atoms with Gasteiger partial charge in [0.15, 0.2) is 0 Å². The number of carbonyl (C=O) groups excluding carboxylic acids is 1. The molecule has 0 saturated heterocycles. The maximum Gasteiger partial charge on any atom is 0.150 e. The zero-order valence-electron chi connectivity index (χ0n) is 8.80. The Morgan fingerprint density at radius 3 is 2.43 bits per heavy atom. The lowest BCUT2D eigenvalue weighted by Crippen LogP contribution is -2.09. The number of rotatable bonds is 2. The van der Waals surface area contributed by atoms with Crippen molar-refractivity contribution in [1.82, 2.24) is 0 Å². The van der Waals surface area contributed by atoms with Gasteiger partial charge in [-0.05, 0) is 35.6 Å². The van der Waals surface area contributed by atoms with Crippen LogP contribution in [0.2, 0.25) is 0 Å². The van der Waals surface area contributed by atoms with E-state index in [9.17, 15) is 4.79 Å². The summed E-state index contributed by atoms with van der Waals surface area (Å²) in [6, 6.07) is 5.85. The van der Waals surface area contributed by atoms with E-state index >= 15 is 0 Å². The third-order valence-electron chi connectivity index (χ3n) is 1.85. The van der Waals surface area contributed by atoms with Crippen molar-refractivity contribution < 1.29 is 4.79 Å². The maximum atomic E-state index is 10.7. The minimum absolute atomic E-state index is 0.251. The number of halogens is 1. The monoisotopic (exact) mass is 254 g/mol. The number of aldehydes is 1. The van der Waals surface area contributed by atoms with Crippen molar-refractivity contribution in [3.8, 4) is 0 Å². The molecule has 2 heteroatoms. The molecule has 0 bridgehead atoms. The van der Waals surface area contributed by atoms with E-state index in [1.54, 1.807) is 0 Å². The lowest BCUT2D eigenvalue weighted by Gasteiger charge is -2.18. The molecule has 76 valence electrons. The van der Waals surface area contributed by atoms with Crippen molar-refractivity contribution in [2.45, 2.75) is 27.2 Å². The molecule has 0 aliphatic rings. The van der Waals surface area contributed by atoms with Crippen molar-refractivity contribution in [1.29, 1.82) is 0 Å². The minimum atomic E-state index is 0.251. The summed E-state index contributed by atoms with van der Waals surface area (Å²) in [5.74, 6) is 0. The second-order valence-corrected chi connectivity index (χ2v) is 5.66. The van der Waals surface area contributed by atoms with Gasteiger partial charge < -0.3 is 0 Å². The van der Waals surface area contributed by atoms with Gasteiger partial charge in [-0.3, -0.25) is 4.79 Å². The molecular weight excluding hydrogens is 240 g/mol. The van der Waals surface area contributed by atoms with Crippen molar-refractivity contribution >= 4 is 22.2 Å². The van der Waals surface area contributed by atoms with Crippen LogP contribution in [0.4, 0.5) is 0 Å². The fraction of sp³-hybridized carbons (Fsp3) is 0.417. The van der Waals surface area contributed by atoms with Gasteiger partial charge in [0.2, 0.25) is 0 Å². The summed E-state index contributed by atoms with van der Waals surface area (Å²) in [6.07, 6.45) is 1.87. The van der Waals surface area contributed by atoms with Crippen LogP contribution in [0.25, 0.3) is 0 Å². The normalized spacial score (nSPS) is 11.4. The third-order valence-corrected chi connectivity index (χ3v) is 2.31. The Morgan fingerprint density at radius 2 is 1.93 bits per heavy atom. The highest BCUT2D eigenvalue weighted by Gasteiger charge is 2.11. The Bertz CT molecular complexity index is 337. The van der Waals surface area contributed by atoms with Crippen LogP contribution in [-0.4, -0.2) is 6.29 Å². The first-order valence-corrected chi connectivity index (χ1v) is 5.45. The predicted molar refractivity (Wildman–Crippen MR) is 62.7 cm³/mol. The van der Waals surface area contributed by atoms with E-state index in [4.69, 9.17) is 0 Å². The second kappa shape index (κ2) is 4.26. The van der Waals surface area contributed by atoms with E-state index in [0.717, 1.165) is 22.7 Å². The lowest BCUT2D eigenvalue weighted by molar-refractivity contribution is 0.112. The number of hydrogen-bond donors (Lipinski definition) is 0. The molecule has 0 radical (unpaired) electrons. The zero-order valence-corrected chi connectivity index (χ0v) is 10.4. The highest BCUT2D eigenvalue weighted by Crippen LogP contribution is 2.23. The van der Waals surface area contributed by atoms with Gasteiger partial charge in [0.1, 0.15) is 6.29 Å². The smallest absolute Gasteiger partial charge is 0.150 e. The molecular formula is C12H15BrO. The van der Waals surface area contributed by atoms with Crippen LogP contribution in [0.1, 0.15) is 36.7 Å². The van der Waals surface area contributed by atoms with Gasteiger partial charge in [0.25, 0.3) is 0 Å². The fourth-order valence-electron chi connectivity index (χ4n) is 1.46. The molecule has 0 atom stereocenters. The average Bonchev–Trinajstić information content (AvgIpc) is 1.99. The summed E-state index contributed by atoms with van der Waals surface area (Å²) < 4.78 is 0.973. The molecule has 0 spiro atoms. The first-order valence-electron chi connectivity index (χ1n) is 4.65. The third kappa shape index (κ3) is 3.62. The van der Waals surface area contributed by atoms with Crippen LogP contribution >= 0.6 is 15.9 Å². The predicted octanol–water partition coefficient (Wildman–Crippen LogP) is 3.85. The quantitative estimate of drug-likeness (QED) is 0.733. The van der Waals surface area contributed by atoms with Gasteiger partial charge >= 0.3 is 0 Å². The fourth-order valence-corrected chi connectivity index (χ4v) is 2.02. The molecule has 14 heavy (non-hydrogen) atoms. The first-order chi connectivity index (χ1) is 6.40. The molecule has 0 unspecified atom stereocenters. The minimum Gasteiger partial charge on any atom is -0.298 e. The van der Waals surface area contributed by atoms with Crippen LogP contribution in [0, 0.1) is 5.41 Å². The summed E-state index contributed by atoms with van der Waals surface area (Å²) in [7, 11) is 0. The van der Waals surface area contributed by atoms with E-state index in [-0.39, 0.29) is 5.41 Å². The largest absolute Gasteiger partial charge is 0.298 e. The van der Waals surface area contributed by atoms with Crippen molar-refractivity contribution in [2.24, 2.45) is 5.41 Å². The van der Waals surface area contributed by atoms with Crippen LogP contribution in [0.15, 0.2) is 22.7 Å². The molecule has 0 amide bonds. The van der Waals surface area contributed by atoms with E-state index < -0.39 is 0 Å². The molecule has 0 saturated carbocycles. The number of hydrogen-bond acceptors (Lipinski definition) is 1. The lowest BCUT2D eigenvalue weighted by atomic mass is 9.88. The molecule has 1 nitrogen and oxygen atoms in total. The summed E-state index contributed by atoms with van der Waals surface area (Å²) in [4.78, 5) is 10.7. The van der Waals surface area contributed by atoms with Gasteiger partial charge in [-0.1, -0.05) is 36.7 Å². The van der Waals surface area contributed by atoms with Crippen molar-refractivity contribution in [3.05, 3.63) is 33.8 Å². The Kier molecular flexibility index (Phi) is 3.48. The van der Waals surface area contributed by atoms with E-state index in [0.29, 0.717) is 0 Å². The van der Waals surface area contributed by atoms with E-state index in [1.807, 2.05) is 12.1 Å². The Labute approximate surface area is 93.7 Å². The zero-order chi connectivity index (χ0) is 10.8. The van der Waals surface area contributed by atoms with Crippen molar-refractivity contribution in [2.75, 3.05) is 0 Å². The summed E-state index contributed by atoms with van der Waals surface area (Å²) in [5.41, 5.74) is 2.19. The molecule has 1 aromatic rings. The van der Waals surface area contributed by atoms with Gasteiger partial charge in [-0.2, -0.15) is 0 Å². The summed E-state index contributed by atoms with van der Waals surface area (Å²) in [6.45, 7) is 6.57. The Hall–Kier alpha value is -0.630. The molecule has 0 aliphatic heterocycles. The van der Waals surface area contributed by atoms with Crippen LogP contribution in [0.3, 0.4) is 0 Å². The number of carbonyl (C=O) groups is 1. The van der Waals surface area contributed by atoms with Gasteiger partial charge in [0.05, 0.1) is 0 Å². The standard InChI is InChI=1S/C12H15BrO/c1-12(2,3)7-9-4-10(8-14)6-11(13)5-9/h4-6,8H,7H2,1-3H3. The molecule has 1 rings (SSSR count). The SMILES string of the molecule is CC(C)(C)Cc1cc(Br)cc(C=O)c1. The second-order valence-electron chi connectivity index (χ2n) is 4.75. The summed E-state index contributed by atoms with van der Waals surface area (Å²) in [5, 5.41) is 0. The van der Waals surface area contributed by atoms with Crippen LogP contribution in [-0.2, 0) is 6.42 Å². The summed E-state index contributed by atoms with van der Waals surface area (Å²) >= 11 is 3.40. The van der Waals surface area contributed by atoms with Crippen molar-refractivity contribution in [3.63, 3.8) is 0 Å². The maximum absolute atomic E-state index is 10.7. The first kappa shape index (κ1) is 11.4. The molecule has 0 aromatic heterocycles. The molecule has 0 aliphatic carbocycles. The molecule has 0 heterocycles. The highest BCUT2D eigenvalue weighted by molar-refractivity contribution is 9.10. The molecule has 0 N–H and O–H groups in total. The molecule has 1 aromatic carbocycles. The number of benzene rings is 1.